The zero-order valence-electron chi connectivity index (χ0n) is 14.8. The third-order valence-electron chi connectivity index (χ3n) is 3.68. The molecule has 1 heterocycles. The highest BCUT2D eigenvalue weighted by atomic mass is 19.1. The van der Waals surface area contributed by atoms with Gasteiger partial charge in [-0.05, 0) is 31.9 Å². The molecular weight excluding hydrogens is 343 g/mol. The quantitative estimate of drug-likeness (QED) is 0.353. The van der Waals surface area contributed by atoms with Crippen LogP contribution in [0.25, 0.3) is 10.4 Å². The summed E-state index contributed by atoms with van der Waals surface area (Å²) in [5.41, 5.74) is 8.48. The van der Waals surface area contributed by atoms with Crippen molar-refractivity contribution in [3.8, 4) is 0 Å². The van der Waals surface area contributed by atoms with Crippen LogP contribution in [0.15, 0.2) is 35.4 Å². The van der Waals surface area contributed by atoms with Crippen molar-refractivity contribution in [3.05, 3.63) is 46.3 Å². The molecule has 0 aromatic heterocycles. The molecule has 0 aliphatic carbocycles. The Kier molecular flexibility index (Phi) is 6.05. The second-order valence-corrected chi connectivity index (χ2v) is 6.89. The fraction of sp³-hybridized carbons (Fsp3) is 0.529. The van der Waals surface area contributed by atoms with Gasteiger partial charge in [0, 0.05) is 11.5 Å². The lowest BCUT2D eigenvalue weighted by Gasteiger charge is -2.27. The molecule has 0 radical (unpaired) electrons. The van der Waals surface area contributed by atoms with Crippen LogP contribution in [0.3, 0.4) is 0 Å². The Balaban J connectivity index is 2.15. The monoisotopic (exact) mass is 364 g/mol. The third-order valence-corrected chi connectivity index (χ3v) is 3.68. The van der Waals surface area contributed by atoms with E-state index in [1.165, 1.54) is 0 Å². The van der Waals surface area contributed by atoms with Crippen molar-refractivity contribution in [2.75, 3.05) is 6.54 Å². The summed E-state index contributed by atoms with van der Waals surface area (Å²) in [5.74, 6) is -0.914. The Hall–Kier alpha value is -2.80. The van der Waals surface area contributed by atoms with Crippen molar-refractivity contribution in [1.82, 2.24) is 4.90 Å². The molecule has 8 nitrogen and oxygen atoms in total. The zero-order valence-corrected chi connectivity index (χ0v) is 14.8. The van der Waals surface area contributed by atoms with Crippen molar-refractivity contribution >= 4 is 12.1 Å². The Bertz CT molecular complexity index is 700. The summed E-state index contributed by atoms with van der Waals surface area (Å²) in [6.07, 6.45) is -2.74. The first-order chi connectivity index (χ1) is 12.2. The minimum absolute atomic E-state index is 0.0583. The fourth-order valence-corrected chi connectivity index (χ4v) is 2.54. The Morgan fingerprint density at radius 1 is 1.35 bits per heavy atom. The first kappa shape index (κ1) is 19.5. The molecule has 2 rings (SSSR count). The van der Waals surface area contributed by atoms with E-state index in [0.29, 0.717) is 0 Å². The molecule has 1 aliphatic rings. The van der Waals surface area contributed by atoms with Gasteiger partial charge in [0.25, 0.3) is 0 Å². The van der Waals surface area contributed by atoms with Gasteiger partial charge >= 0.3 is 12.1 Å². The SMILES string of the molecule is CC(C)(C)OC(=O)N1C[C@@H](N=[N+]=[N-])[C@H](F)[C@H]1C(=O)OCc1ccccc1. The Morgan fingerprint density at radius 2 is 2.00 bits per heavy atom. The van der Waals surface area contributed by atoms with Gasteiger partial charge in [-0.1, -0.05) is 35.4 Å². The van der Waals surface area contributed by atoms with Crippen LogP contribution in [0.5, 0.6) is 0 Å². The molecule has 1 saturated heterocycles. The highest BCUT2D eigenvalue weighted by Gasteiger charge is 2.50. The summed E-state index contributed by atoms with van der Waals surface area (Å²) < 4.78 is 25.0. The molecule has 140 valence electrons. The van der Waals surface area contributed by atoms with Gasteiger partial charge in [-0.15, -0.1) is 0 Å². The summed E-state index contributed by atoms with van der Waals surface area (Å²) >= 11 is 0. The lowest BCUT2D eigenvalue weighted by molar-refractivity contribution is -0.151. The van der Waals surface area contributed by atoms with E-state index in [1.54, 1.807) is 45.0 Å². The molecule has 1 amide bonds. The van der Waals surface area contributed by atoms with E-state index in [4.69, 9.17) is 15.0 Å². The number of azide groups is 1. The van der Waals surface area contributed by atoms with Gasteiger partial charge in [-0.25, -0.2) is 14.0 Å². The minimum atomic E-state index is -1.87. The molecule has 0 unspecified atom stereocenters. The molecule has 3 atom stereocenters. The van der Waals surface area contributed by atoms with Gasteiger partial charge in [0.05, 0.1) is 6.04 Å². The maximum absolute atomic E-state index is 14.6. The largest absolute Gasteiger partial charge is 0.459 e. The van der Waals surface area contributed by atoms with Gasteiger partial charge in [-0.3, -0.25) is 4.90 Å². The highest BCUT2D eigenvalue weighted by Crippen LogP contribution is 2.27. The smallest absolute Gasteiger partial charge is 0.411 e. The van der Waals surface area contributed by atoms with E-state index < -0.39 is 35.9 Å². The van der Waals surface area contributed by atoms with Crippen molar-refractivity contribution in [1.29, 1.82) is 0 Å². The second-order valence-electron chi connectivity index (χ2n) is 6.89. The number of hydrogen-bond acceptors (Lipinski definition) is 5. The summed E-state index contributed by atoms with van der Waals surface area (Å²) in [5, 5.41) is 3.33. The van der Waals surface area contributed by atoms with E-state index >= 15 is 0 Å². The van der Waals surface area contributed by atoms with Crippen LogP contribution < -0.4 is 0 Å². The molecule has 0 N–H and O–H groups in total. The Morgan fingerprint density at radius 3 is 2.58 bits per heavy atom. The molecule has 1 aromatic rings. The molecule has 0 saturated carbocycles. The standard InChI is InChI=1S/C17H21FN4O4/c1-17(2,3)26-16(24)22-9-12(20-21-19)13(18)14(22)15(23)25-10-11-7-5-4-6-8-11/h4-8,12-14H,9-10H2,1-3H3/t12-,13+,14+/m1/s1. The predicted molar refractivity (Wildman–Crippen MR) is 90.8 cm³/mol. The molecule has 9 heteroatoms. The van der Waals surface area contributed by atoms with Crippen molar-refractivity contribution < 1.29 is 23.5 Å². The molecule has 0 bridgehead atoms. The number of amides is 1. The summed E-state index contributed by atoms with van der Waals surface area (Å²) in [4.78, 5) is 28.2. The zero-order chi connectivity index (χ0) is 19.3. The molecule has 1 fully saturated rings. The normalized spacial score (nSPS) is 22.5. The summed E-state index contributed by atoms with van der Waals surface area (Å²) in [7, 11) is 0. The number of hydrogen-bond donors (Lipinski definition) is 0. The number of likely N-dealkylation sites (tertiary alicyclic amines) is 1. The Labute approximate surface area is 150 Å². The molecular formula is C17H21FN4O4. The first-order valence-electron chi connectivity index (χ1n) is 8.11. The average Bonchev–Trinajstić information content (AvgIpc) is 2.89. The first-order valence-corrected chi connectivity index (χ1v) is 8.11. The number of nitrogens with zero attached hydrogens (tertiary/aromatic N) is 4. The number of carbonyl (C=O) groups is 2. The lowest BCUT2D eigenvalue weighted by atomic mass is 10.1. The van der Waals surface area contributed by atoms with E-state index in [9.17, 15) is 14.0 Å². The second kappa shape index (κ2) is 8.05. The number of rotatable bonds is 4. The molecule has 0 spiro atoms. The van der Waals surface area contributed by atoms with Gasteiger partial charge in [-0.2, -0.15) is 0 Å². The number of benzene rings is 1. The number of alkyl halides is 1. The fourth-order valence-electron chi connectivity index (χ4n) is 2.54. The van der Waals surface area contributed by atoms with Crippen LogP contribution in [-0.2, 0) is 20.9 Å². The van der Waals surface area contributed by atoms with Crippen LogP contribution in [0.4, 0.5) is 9.18 Å². The van der Waals surface area contributed by atoms with Crippen LogP contribution in [-0.4, -0.2) is 47.4 Å². The lowest BCUT2D eigenvalue weighted by Crippen LogP contribution is -2.46. The molecule has 1 aromatic carbocycles. The summed E-state index contributed by atoms with van der Waals surface area (Å²) in [6.45, 7) is 4.65. The van der Waals surface area contributed by atoms with Crippen molar-refractivity contribution in [3.63, 3.8) is 0 Å². The van der Waals surface area contributed by atoms with E-state index in [2.05, 4.69) is 10.0 Å². The topological polar surface area (TPSA) is 105 Å². The number of esters is 1. The van der Waals surface area contributed by atoms with Crippen LogP contribution >= 0.6 is 0 Å². The molecule has 1 aliphatic heterocycles. The minimum Gasteiger partial charge on any atom is -0.459 e. The molecule has 26 heavy (non-hydrogen) atoms. The average molecular weight is 364 g/mol. The van der Waals surface area contributed by atoms with Crippen LogP contribution in [0.1, 0.15) is 26.3 Å². The maximum atomic E-state index is 14.6. The van der Waals surface area contributed by atoms with Crippen LogP contribution in [0, 0.1) is 0 Å². The van der Waals surface area contributed by atoms with E-state index in [1.807, 2.05) is 6.07 Å². The number of carbonyl (C=O) groups excluding carboxylic acids is 2. The summed E-state index contributed by atoms with van der Waals surface area (Å²) in [6, 6.07) is 6.18. The van der Waals surface area contributed by atoms with Crippen molar-refractivity contribution in [2.45, 2.75) is 51.2 Å². The van der Waals surface area contributed by atoms with Crippen LogP contribution in [0.2, 0.25) is 0 Å². The third kappa shape index (κ3) is 4.86. The van der Waals surface area contributed by atoms with E-state index in [0.717, 1.165) is 10.5 Å². The number of halogens is 1. The number of ether oxygens (including phenoxy) is 2. The van der Waals surface area contributed by atoms with Gasteiger partial charge in [0.1, 0.15) is 18.4 Å². The van der Waals surface area contributed by atoms with Gasteiger partial charge in [0.2, 0.25) is 0 Å². The van der Waals surface area contributed by atoms with Gasteiger partial charge in [0.15, 0.2) is 6.04 Å². The van der Waals surface area contributed by atoms with Crippen molar-refractivity contribution in [2.24, 2.45) is 5.11 Å². The highest BCUT2D eigenvalue weighted by molar-refractivity contribution is 5.83. The predicted octanol–water partition coefficient (Wildman–Crippen LogP) is 3.37. The van der Waals surface area contributed by atoms with Gasteiger partial charge < -0.3 is 9.47 Å². The maximum Gasteiger partial charge on any atom is 0.411 e. The van der Waals surface area contributed by atoms with E-state index in [-0.39, 0.29) is 13.2 Å².